The standard InChI is InChI=1S/C11H8Br2ClN3O/c1-17-5-7(13)3-9(17)11(18)16-8-2-6(12)4-15-10(8)14/h2-5H,1H3,(H,16,18). The van der Waals surface area contributed by atoms with Crippen LogP contribution in [0, 0.1) is 0 Å². The molecule has 0 aliphatic heterocycles. The first-order valence-corrected chi connectivity index (χ1v) is 6.88. The van der Waals surface area contributed by atoms with Crippen LogP contribution in [0.1, 0.15) is 10.5 Å². The molecule has 2 aromatic heterocycles. The molecule has 0 spiro atoms. The molecule has 0 aromatic carbocycles. The van der Waals surface area contributed by atoms with Gasteiger partial charge in [0.25, 0.3) is 5.91 Å². The lowest BCUT2D eigenvalue weighted by Crippen LogP contribution is -2.15. The maximum atomic E-state index is 12.1. The summed E-state index contributed by atoms with van der Waals surface area (Å²) in [6, 6.07) is 3.43. The molecule has 0 atom stereocenters. The van der Waals surface area contributed by atoms with E-state index in [1.807, 2.05) is 0 Å². The van der Waals surface area contributed by atoms with E-state index in [4.69, 9.17) is 11.6 Å². The predicted octanol–water partition coefficient (Wildman–Crippen LogP) is 3.85. The van der Waals surface area contributed by atoms with Crippen LogP contribution in [0.5, 0.6) is 0 Å². The van der Waals surface area contributed by atoms with Gasteiger partial charge in [0.05, 0.1) is 5.69 Å². The molecule has 0 bridgehead atoms. The number of rotatable bonds is 2. The van der Waals surface area contributed by atoms with Crippen LogP contribution in [0.3, 0.4) is 0 Å². The third-order valence-corrected chi connectivity index (χ3v) is 3.43. The number of pyridine rings is 1. The molecule has 1 amide bonds. The fraction of sp³-hybridized carbons (Fsp3) is 0.0909. The Hall–Kier alpha value is -0.850. The summed E-state index contributed by atoms with van der Waals surface area (Å²) in [4.78, 5) is 16.0. The Morgan fingerprint density at radius 1 is 1.39 bits per heavy atom. The van der Waals surface area contributed by atoms with Crippen molar-refractivity contribution in [1.29, 1.82) is 0 Å². The van der Waals surface area contributed by atoms with Gasteiger partial charge in [0.15, 0.2) is 5.15 Å². The molecule has 0 radical (unpaired) electrons. The van der Waals surface area contributed by atoms with Crippen LogP contribution < -0.4 is 5.32 Å². The second kappa shape index (κ2) is 5.42. The minimum atomic E-state index is -0.245. The minimum absolute atomic E-state index is 0.245. The number of anilines is 1. The molecule has 0 saturated carbocycles. The number of aromatic nitrogens is 2. The Labute approximate surface area is 126 Å². The zero-order valence-electron chi connectivity index (χ0n) is 9.25. The normalized spacial score (nSPS) is 10.4. The molecule has 1 N–H and O–H groups in total. The highest BCUT2D eigenvalue weighted by atomic mass is 79.9. The Bertz CT molecular complexity index is 612. The summed E-state index contributed by atoms with van der Waals surface area (Å²) in [5, 5.41) is 2.97. The number of nitrogens with zero attached hydrogens (tertiary/aromatic N) is 2. The van der Waals surface area contributed by atoms with E-state index in [0.717, 1.165) is 8.95 Å². The van der Waals surface area contributed by atoms with Crippen molar-refractivity contribution in [3.8, 4) is 0 Å². The summed E-state index contributed by atoms with van der Waals surface area (Å²) < 4.78 is 3.31. The van der Waals surface area contributed by atoms with Crippen LogP contribution in [-0.4, -0.2) is 15.5 Å². The molecule has 2 aromatic rings. The first-order valence-electron chi connectivity index (χ1n) is 4.91. The van der Waals surface area contributed by atoms with Gasteiger partial charge in [-0.1, -0.05) is 11.6 Å². The number of carbonyl (C=O) groups is 1. The van der Waals surface area contributed by atoms with E-state index in [1.165, 1.54) is 0 Å². The summed E-state index contributed by atoms with van der Waals surface area (Å²) >= 11 is 12.5. The molecule has 18 heavy (non-hydrogen) atoms. The second-order valence-corrected chi connectivity index (χ2v) is 5.79. The Morgan fingerprint density at radius 2 is 2.11 bits per heavy atom. The van der Waals surface area contributed by atoms with Crippen molar-refractivity contribution < 1.29 is 4.79 Å². The van der Waals surface area contributed by atoms with Crippen LogP contribution in [0.2, 0.25) is 5.15 Å². The molecule has 0 saturated heterocycles. The largest absolute Gasteiger partial charge is 0.345 e. The Balaban J connectivity index is 2.26. The van der Waals surface area contributed by atoms with Crippen molar-refractivity contribution in [2.24, 2.45) is 7.05 Å². The van der Waals surface area contributed by atoms with Gasteiger partial charge >= 0.3 is 0 Å². The van der Waals surface area contributed by atoms with Crippen LogP contribution in [0.15, 0.2) is 33.5 Å². The zero-order chi connectivity index (χ0) is 13.3. The van der Waals surface area contributed by atoms with Crippen molar-refractivity contribution in [3.05, 3.63) is 44.3 Å². The van der Waals surface area contributed by atoms with Gasteiger partial charge in [0.1, 0.15) is 5.69 Å². The first-order chi connectivity index (χ1) is 8.47. The molecule has 2 rings (SSSR count). The molecule has 7 heteroatoms. The minimum Gasteiger partial charge on any atom is -0.345 e. The monoisotopic (exact) mass is 391 g/mol. The van der Waals surface area contributed by atoms with Gasteiger partial charge in [-0.2, -0.15) is 0 Å². The summed E-state index contributed by atoms with van der Waals surface area (Å²) in [5.74, 6) is -0.245. The Kier molecular flexibility index (Phi) is 4.09. The molecule has 0 aliphatic carbocycles. The molecule has 0 fully saturated rings. The highest BCUT2D eigenvalue weighted by Crippen LogP contribution is 2.24. The summed E-state index contributed by atoms with van der Waals surface area (Å²) in [6.07, 6.45) is 3.37. The molecule has 0 unspecified atom stereocenters. The lowest BCUT2D eigenvalue weighted by molar-refractivity contribution is 0.101. The highest BCUT2D eigenvalue weighted by Gasteiger charge is 2.13. The van der Waals surface area contributed by atoms with Crippen molar-refractivity contribution in [1.82, 2.24) is 9.55 Å². The maximum Gasteiger partial charge on any atom is 0.272 e. The third-order valence-electron chi connectivity index (χ3n) is 2.26. The van der Waals surface area contributed by atoms with Gasteiger partial charge in [0, 0.05) is 28.4 Å². The number of halogens is 3. The van der Waals surface area contributed by atoms with Crippen LogP contribution in [-0.2, 0) is 7.05 Å². The maximum absolute atomic E-state index is 12.1. The quantitative estimate of drug-likeness (QED) is 0.788. The number of nitrogens with one attached hydrogen (secondary N) is 1. The van der Waals surface area contributed by atoms with Gasteiger partial charge in [-0.25, -0.2) is 4.98 Å². The van der Waals surface area contributed by atoms with Crippen molar-refractivity contribution in [3.63, 3.8) is 0 Å². The van der Waals surface area contributed by atoms with Crippen molar-refractivity contribution >= 4 is 55.1 Å². The van der Waals surface area contributed by atoms with Crippen molar-refractivity contribution in [2.45, 2.75) is 0 Å². The molecule has 2 heterocycles. The average molecular weight is 393 g/mol. The van der Waals surface area contributed by atoms with Gasteiger partial charge < -0.3 is 9.88 Å². The summed E-state index contributed by atoms with van der Waals surface area (Å²) in [6.45, 7) is 0. The lowest BCUT2D eigenvalue weighted by atomic mass is 10.3. The third kappa shape index (κ3) is 2.93. The molecular weight excluding hydrogens is 385 g/mol. The number of amides is 1. The Morgan fingerprint density at radius 3 is 2.72 bits per heavy atom. The molecular formula is C11H8Br2ClN3O. The second-order valence-electron chi connectivity index (χ2n) is 3.60. The van der Waals surface area contributed by atoms with Gasteiger partial charge in [-0.05, 0) is 44.0 Å². The first kappa shape index (κ1) is 13.6. The van der Waals surface area contributed by atoms with E-state index in [-0.39, 0.29) is 11.1 Å². The van der Waals surface area contributed by atoms with E-state index in [1.54, 1.807) is 36.1 Å². The van der Waals surface area contributed by atoms with Crippen LogP contribution >= 0.6 is 43.5 Å². The molecule has 94 valence electrons. The van der Waals surface area contributed by atoms with Gasteiger partial charge in [-0.3, -0.25) is 4.79 Å². The van der Waals surface area contributed by atoms with Crippen LogP contribution in [0.25, 0.3) is 0 Å². The molecule has 4 nitrogen and oxygen atoms in total. The van der Waals surface area contributed by atoms with E-state index >= 15 is 0 Å². The number of hydrogen-bond acceptors (Lipinski definition) is 2. The topological polar surface area (TPSA) is 46.9 Å². The summed E-state index contributed by atoms with van der Waals surface area (Å²) in [7, 11) is 1.79. The summed E-state index contributed by atoms with van der Waals surface area (Å²) in [5.41, 5.74) is 0.992. The fourth-order valence-electron chi connectivity index (χ4n) is 1.45. The fourth-order valence-corrected chi connectivity index (χ4v) is 2.45. The lowest BCUT2D eigenvalue weighted by Gasteiger charge is -2.07. The van der Waals surface area contributed by atoms with E-state index in [9.17, 15) is 4.79 Å². The zero-order valence-corrected chi connectivity index (χ0v) is 13.2. The number of aryl methyl sites for hydroxylation is 1. The van der Waals surface area contributed by atoms with E-state index < -0.39 is 0 Å². The van der Waals surface area contributed by atoms with Crippen molar-refractivity contribution in [2.75, 3.05) is 5.32 Å². The molecule has 0 aliphatic rings. The smallest absolute Gasteiger partial charge is 0.272 e. The highest BCUT2D eigenvalue weighted by molar-refractivity contribution is 9.10. The number of carbonyl (C=O) groups excluding carboxylic acids is 1. The van der Waals surface area contributed by atoms with E-state index in [2.05, 4.69) is 42.2 Å². The predicted molar refractivity (Wildman–Crippen MR) is 78.0 cm³/mol. The van der Waals surface area contributed by atoms with Gasteiger partial charge in [-0.15, -0.1) is 0 Å². The van der Waals surface area contributed by atoms with Gasteiger partial charge in [0.2, 0.25) is 0 Å². The van der Waals surface area contributed by atoms with E-state index in [0.29, 0.717) is 11.4 Å². The van der Waals surface area contributed by atoms with Crippen LogP contribution in [0.4, 0.5) is 5.69 Å². The average Bonchev–Trinajstić information content (AvgIpc) is 2.63. The number of hydrogen-bond donors (Lipinski definition) is 1. The SMILES string of the molecule is Cn1cc(Br)cc1C(=O)Nc1cc(Br)cnc1Cl.